The first-order valence-electron chi connectivity index (χ1n) is 7.66. The number of carbonyl (C=O) groups excluding carboxylic acids is 1. The molecule has 23 heavy (non-hydrogen) atoms. The molecule has 1 unspecified atom stereocenters. The summed E-state index contributed by atoms with van der Waals surface area (Å²) in [5, 5.41) is 11.3. The second-order valence-corrected chi connectivity index (χ2v) is 6.07. The summed E-state index contributed by atoms with van der Waals surface area (Å²) < 4.78 is 4.84. The highest BCUT2D eigenvalue weighted by atomic mass is 16.6. The maximum atomic E-state index is 10.5. The summed E-state index contributed by atoms with van der Waals surface area (Å²) in [6.07, 6.45) is 11.7. The minimum Gasteiger partial charge on any atom is -0.444 e. The van der Waals surface area contributed by atoms with Crippen LogP contribution in [0.25, 0.3) is 0 Å². The average molecular weight is 315 g/mol. The molecule has 0 radical (unpaired) electrons. The molecule has 0 aromatic rings. The van der Waals surface area contributed by atoms with Gasteiger partial charge in [-0.3, -0.25) is 0 Å². The van der Waals surface area contributed by atoms with Gasteiger partial charge in [-0.2, -0.15) is 5.26 Å². The van der Waals surface area contributed by atoms with Crippen molar-refractivity contribution in [1.29, 1.82) is 5.26 Å². The van der Waals surface area contributed by atoms with Gasteiger partial charge in [-0.25, -0.2) is 4.79 Å². The van der Waals surface area contributed by atoms with Crippen LogP contribution in [0.3, 0.4) is 0 Å². The van der Waals surface area contributed by atoms with Crippen molar-refractivity contribution in [3.8, 4) is 6.07 Å². The number of amides is 1. The predicted octanol–water partition coefficient (Wildman–Crippen LogP) is 3.29. The minimum absolute atomic E-state index is 0.254. The van der Waals surface area contributed by atoms with Gasteiger partial charge in [-0.1, -0.05) is 30.4 Å². The Labute approximate surface area is 138 Å². The topological polar surface area (TPSA) is 65.4 Å². The number of hydrogen-bond acceptors (Lipinski definition) is 4. The number of nitrogens with zero attached hydrogens (tertiary/aromatic N) is 2. The first-order valence-corrected chi connectivity index (χ1v) is 7.66. The Kier molecular flexibility index (Phi) is 6.65. The number of hydrogen-bond donors (Lipinski definition) is 1. The van der Waals surface area contributed by atoms with E-state index in [1.165, 1.54) is 7.05 Å². The van der Waals surface area contributed by atoms with E-state index in [4.69, 9.17) is 10.00 Å². The van der Waals surface area contributed by atoms with Crippen LogP contribution in [0.15, 0.2) is 47.7 Å². The molecular formula is C18H25N3O2. The lowest BCUT2D eigenvalue weighted by atomic mass is 10.0. The highest BCUT2D eigenvalue weighted by Crippen LogP contribution is 2.29. The monoisotopic (exact) mass is 315 g/mol. The van der Waals surface area contributed by atoms with Gasteiger partial charge in [0.05, 0.1) is 11.6 Å². The molecule has 2 aliphatic rings. The molecule has 0 aromatic carbocycles. The van der Waals surface area contributed by atoms with E-state index in [1.54, 1.807) is 0 Å². The van der Waals surface area contributed by atoms with Gasteiger partial charge in [-0.15, -0.1) is 0 Å². The van der Waals surface area contributed by atoms with E-state index in [2.05, 4.69) is 29.3 Å². The summed E-state index contributed by atoms with van der Waals surface area (Å²) in [6.45, 7) is 8.49. The SMILES string of the molecule is CCN1C=C(C#N)C2=CC=CC=CC21.CNC(=O)OC(C)(C)C. The van der Waals surface area contributed by atoms with Crippen molar-refractivity contribution in [2.45, 2.75) is 39.3 Å². The number of nitriles is 1. The van der Waals surface area contributed by atoms with Gasteiger partial charge in [0.25, 0.3) is 0 Å². The third kappa shape index (κ3) is 5.67. The quantitative estimate of drug-likeness (QED) is 0.806. The summed E-state index contributed by atoms with van der Waals surface area (Å²) in [4.78, 5) is 12.7. The predicted molar refractivity (Wildman–Crippen MR) is 91.5 cm³/mol. The second-order valence-electron chi connectivity index (χ2n) is 6.07. The molecule has 1 aliphatic heterocycles. The summed E-state index contributed by atoms with van der Waals surface area (Å²) in [5.74, 6) is 0. The molecule has 1 heterocycles. The normalized spacial score (nSPS) is 18.6. The highest BCUT2D eigenvalue weighted by molar-refractivity contribution is 5.67. The summed E-state index contributed by atoms with van der Waals surface area (Å²) >= 11 is 0. The Morgan fingerprint density at radius 2 is 2.09 bits per heavy atom. The van der Waals surface area contributed by atoms with Crippen molar-refractivity contribution in [2.24, 2.45) is 0 Å². The molecule has 0 spiro atoms. The molecule has 1 atom stereocenters. The fourth-order valence-corrected chi connectivity index (χ4v) is 2.16. The van der Waals surface area contributed by atoms with Gasteiger partial charge in [0.15, 0.2) is 0 Å². The Hall–Kier alpha value is -2.48. The number of ether oxygens (including phenoxy) is 1. The van der Waals surface area contributed by atoms with Crippen LogP contribution >= 0.6 is 0 Å². The van der Waals surface area contributed by atoms with Gasteiger partial charge >= 0.3 is 6.09 Å². The van der Waals surface area contributed by atoms with Crippen LogP contribution in [0, 0.1) is 11.3 Å². The Bertz CT molecular complexity index is 586. The number of alkyl carbamates (subject to hydrolysis) is 1. The fraction of sp³-hybridized carbons (Fsp3) is 0.444. The molecule has 124 valence electrons. The molecular weight excluding hydrogens is 290 g/mol. The zero-order valence-corrected chi connectivity index (χ0v) is 14.5. The van der Waals surface area contributed by atoms with Crippen molar-refractivity contribution in [3.05, 3.63) is 47.7 Å². The largest absolute Gasteiger partial charge is 0.444 e. The van der Waals surface area contributed by atoms with Gasteiger partial charge in [0, 0.05) is 19.8 Å². The summed E-state index contributed by atoms with van der Waals surface area (Å²) in [6, 6.07) is 2.49. The van der Waals surface area contributed by atoms with E-state index in [0.717, 1.165) is 17.7 Å². The Morgan fingerprint density at radius 3 is 2.57 bits per heavy atom. The zero-order valence-electron chi connectivity index (χ0n) is 14.5. The lowest BCUT2D eigenvalue weighted by molar-refractivity contribution is 0.0541. The van der Waals surface area contributed by atoms with Crippen molar-refractivity contribution in [3.63, 3.8) is 0 Å². The number of likely N-dealkylation sites (N-methyl/N-ethyl adjacent to an activating group) is 1. The van der Waals surface area contributed by atoms with Gasteiger partial charge in [-0.05, 0) is 33.3 Å². The third-order valence-electron chi connectivity index (χ3n) is 3.16. The van der Waals surface area contributed by atoms with Crippen molar-refractivity contribution in [1.82, 2.24) is 10.2 Å². The van der Waals surface area contributed by atoms with Crippen LogP contribution in [-0.4, -0.2) is 36.2 Å². The van der Waals surface area contributed by atoms with Crippen molar-refractivity contribution < 1.29 is 9.53 Å². The van der Waals surface area contributed by atoms with Crippen LogP contribution in [0.5, 0.6) is 0 Å². The summed E-state index contributed by atoms with van der Waals surface area (Å²) in [7, 11) is 1.54. The lowest BCUT2D eigenvalue weighted by Crippen LogP contribution is -2.30. The fourth-order valence-electron chi connectivity index (χ4n) is 2.16. The molecule has 1 aliphatic carbocycles. The van der Waals surface area contributed by atoms with Crippen LogP contribution in [-0.2, 0) is 4.74 Å². The Balaban J connectivity index is 0.000000257. The number of rotatable bonds is 1. The molecule has 0 aromatic heterocycles. The summed E-state index contributed by atoms with van der Waals surface area (Å²) in [5.41, 5.74) is 1.51. The van der Waals surface area contributed by atoms with E-state index >= 15 is 0 Å². The second kappa shape index (κ2) is 8.23. The first-order chi connectivity index (χ1) is 10.8. The smallest absolute Gasteiger partial charge is 0.407 e. The van der Waals surface area contributed by atoms with Gasteiger partial charge < -0.3 is 15.0 Å². The van der Waals surface area contributed by atoms with E-state index in [0.29, 0.717) is 0 Å². The van der Waals surface area contributed by atoms with Gasteiger partial charge in [0.1, 0.15) is 11.7 Å². The zero-order chi connectivity index (χ0) is 17.5. The van der Waals surface area contributed by atoms with Crippen LogP contribution in [0.2, 0.25) is 0 Å². The van der Waals surface area contributed by atoms with Crippen LogP contribution in [0.4, 0.5) is 4.79 Å². The van der Waals surface area contributed by atoms with E-state index in [9.17, 15) is 4.79 Å². The van der Waals surface area contributed by atoms with Crippen molar-refractivity contribution >= 4 is 6.09 Å². The van der Waals surface area contributed by atoms with Crippen molar-refractivity contribution in [2.75, 3.05) is 13.6 Å². The highest BCUT2D eigenvalue weighted by Gasteiger charge is 2.26. The van der Waals surface area contributed by atoms with Gasteiger partial charge in [0.2, 0.25) is 0 Å². The van der Waals surface area contributed by atoms with E-state index in [1.807, 2.05) is 51.3 Å². The average Bonchev–Trinajstić information content (AvgIpc) is 2.66. The standard InChI is InChI=1S/C12H12N2.C6H13NO2/c1-2-14-9-10(8-13)11-6-4-3-5-7-12(11)14;1-6(2,3)9-5(8)7-4/h3-7,9,12H,2H2,1H3;1-4H3,(H,7,8). The van der Waals surface area contributed by atoms with Crippen LogP contribution < -0.4 is 5.32 Å². The maximum Gasteiger partial charge on any atom is 0.407 e. The number of carbonyl (C=O) groups is 1. The molecule has 0 saturated heterocycles. The molecule has 0 fully saturated rings. The third-order valence-corrected chi connectivity index (χ3v) is 3.16. The van der Waals surface area contributed by atoms with E-state index in [-0.39, 0.29) is 17.7 Å². The molecule has 0 bridgehead atoms. The Morgan fingerprint density at radius 1 is 1.39 bits per heavy atom. The number of nitrogens with one attached hydrogen (secondary N) is 1. The number of fused-ring (bicyclic) bond motifs is 1. The minimum atomic E-state index is -0.389. The number of allylic oxidation sites excluding steroid dienone is 4. The van der Waals surface area contributed by atoms with E-state index < -0.39 is 0 Å². The molecule has 5 nitrogen and oxygen atoms in total. The molecule has 2 rings (SSSR count). The molecule has 0 saturated carbocycles. The molecule has 5 heteroatoms. The lowest BCUT2D eigenvalue weighted by Gasteiger charge is -2.21. The first kappa shape index (κ1) is 18.6. The maximum absolute atomic E-state index is 10.5. The van der Waals surface area contributed by atoms with Crippen LogP contribution in [0.1, 0.15) is 27.7 Å². The molecule has 1 N–H and O–H groups in total. The molecule has 1 amide bonds.